The number of amides is 2. The number of carbonyl (C=O) groups is 2. The number of anilines is 1. The molecular weight excluding hydrogens is 334 g/mol. The highest BCUT2D eigenvalue weighted by atomic mass is 19.3. The molecule has 0 bridgehead atoms. The van der Waals surface area contributed by atoms with Crippen LogP contribution in [0.5, 0.6) is 5.88 Å². The lowest BCUT2D eigenvalue weighted by Gasteiger charge is -2.40. The maximum absolute atomic E-state index is 13.1. The summed E-state index contributed by atoms with van der Waals surface area (Å²) in [5.41, 5.74) is 5.58. The largest absolute Gasteiger partial charge is 0.476 e. The van der Waals surface area contributed by atoms with Crippen LogP contribution in [0.4, 0.5) is 14.5 Å². The molecule has 1 aliphatic carbocycles. The van der Waals surface area contributed by atoms with Gasteiger partial charge in [0.15, 0.2) is 0 Å². The highest BCUT2D eigenvalue weighted by Crippen LogP contribution is 2.37. The predicted octanol–water partition coefficient (Wildman–Crippen LogP) is 0.931. The van der Waals surface area contributed by atoms with Crippen molar-refractivity contribution in [2.24, 2.45) is 11.7 Å². The van der Waals surface area contributed by atoms with Crippen LogP contribution in [0, 0.1) is 5.92 Å². The number of nitrogens with two attached hydrogens (primary N) is 1. The average Bonchev–Trinajstić information content (AvgIpc) is 3.34. The number of hydrogen-bond acceptors (Lipinski definition) is 5. The number of hydrogen-bond donors (Lipinski definition) is 2. The number of carbonyl (C=O) groups excluding carboxylic acids is 2. The van der Waals surface area contributed by atoms with Gasteiger partial charge in [-0.25, -0.2) is 13.8 Å². The van der Waals surface area contributed by atoms with Crippen molar-refractivity contribution < 1.29 is 23.1 Å². The SMILES string of the molecule is NC(=O)CCNC(=O)c1ccc(N2CC(F)(F)C2)c(OCC2CC2)n1. The molecule has 1 saturated heterocycles. The fourth-order valence-corrected chi connectivity index (χ4v) is 2.46. The van der Waals surface area contributed by atoms with E-state index in [4.69, 9.17) is 10.5 Å². The predicted molar refractivity (Wildman–Crippen MR) is 85.8 cm³/mol. The van der Waals surface area contributed by atoms with Crippen molar-refractivity contribution in [3.05, 3.63) is 17.8 Å². The number of rotatable bonds is 8. The molecule has 1 aromatic heterocycles. The Balaban J connectivity index is 1.70. The zero-order valence-corrected chi connectivity index (χ0v) is 13.6. The summed E-state index contributed by atoms with van der Waals surface area (Å²) in [6, 6.07) is 3.02. The third kappa shape index (κ3) is 4.55. The molecule has 0 atom stereocenters. The van der Waals surface area contributed by atoms with E-state index in [1.807, 2.05) is 0 Å². The van der Waals surface area contributed by atoms with Crippen molar-refractivity contribution in [2.45, 2.75) is 25.2 Å². The zero-order chi connectivity index (χ0) is 18.0. The van der Waals surface area contributed by atoms with Gasteiger partial charge in [-0.15, -0.1) is 0 Å². The second kappa shape index (κ2) is 6.81. The lowest BCUT2D eigenvalue weighted by atomic mass is 10.1. The number of primary amides is 1. The second-order valence-corrected chi connectivity index (χ2v) is 6.46. The molecule has 1 saturated carbocycles. The molecule has 1 aliphatic heterocycles. The Morgan fingerprint density at radius 2 is 2.08 bits per heavy atom. The Bertz CT molecular complexity index is 671. The van der Waals surface area contributed by atoms with Gasteiger partial charge in [-0.3, -0.25) is 9.59 Å². The van der Waals surface area contributed by atoms with E-state index in [0.29, 0.717) is 18.2 Å². The normalized spacial score (nSPS) is 18.4. The van der Waals surface area contributed by atoms with Gasteiger partial charge in [0, 0.05) is 13.0 Å². The molecule has 2 heterocycles. The minimum atomic E-state index is -2.71. The zero-order valence-electron chi connectivity index (χ0n) is 13.6. The van der Waals surface area contributed by atoms with Crippen LogP contribution in [0.3, 0.4) is 0 Å². The molecule has 3 N–H and O–H groups in total. The smallest absolute Gasteiger partial charge is 0.282 e. The average molecular weight is 354 g/mol. The van der Waals surface area contributed by atoms with Gasteiger partial charge in [-0.2, -0.15) is 0 Å². The van der Waals surface area contributed by atoms with Crippen molar-refractivity contribution in [3.63, 3.8) is 0 Å². The summed E-state index contributed by atoms with van der Waals surface area (Å²) >= 11 is 0. The number of pyridine rings is 1. The lowest BCUT2D eigenvalue weighted by Crippen LogP contribution is -2.56. The Morgan fingerprint density at radius 1 is 1.36 bits per heavy atom. The van der Waals surface area contributed by atoms with Crippen molar-refractivity contribution in [2.75, 3.05) is 31.1 Å². The fraction of sp³-hybridized carbons (Fsp3) is 0.562. The van der Waals surface area contributed by atoms with Gasteiger partial charge in [-0.05, 0) is 30.9 Å². The molecule has 9 heteroatoms. The van der Waals surface area contributed by atoms with Crippen LogP contribution in [0.2, 0.25) is 0 Å². The molecule has 25 heavy (non-hydrogen) atoms. The number of nitrogens with one attached hydrogen (secondary N) is 1. The lowest BCUT2D eigenvalue weighted by molar-refractivity contribution is -0.117. The van der Waals surface area contributed by atoms with E-state index in [9.17, 15) is 18.4 Å². The van der Waals surface area contributed by atoms with Gasteiger partial charge >= 0.3 is 0 Å². The van der Waals surface area contributed by atoms with Crippen LogP contribution in [0.1, 0.15) is 29.8 Å². The number of nitrogens with zero attached hydrogens (tertiary/aromatic N) is 2. The van der Waals surface area contributed by atoms with E-state index in [1.54, 1.807) is 6.07 Å². The first-order valence-corrected chi connectivity index (χ1v) is 8.17. The first kappa shape index (κ1) is 17.4. The molecule has 2 amide bonds. The molecule has 3 rings (SSSR count). The van der Waals surface area contributed by atoms with Gasteiger partial charge in [0.2, 0.25) is 11.8 Å². The van der Waals surface area contributed by atoms with Crippen molar-refractivity contribution >= 4 is 17.5 Å². The first-order valence-electron chi connectivity index (χ1n) is 8.17. The second-order valence-electron chi connectivity index (χ2n) is 6.46. The third-order valence-corrected chi connectivity index (χ3v) is 4.07. The molecule has 136 valence electrons. The monoisotopic (exact) mass is 354 g/mol. The molecule has 2 fully saturated rings. The minimum absolute atomic E-state index is 0.0255. The van der Waals surface area contributed by atoms with E-state index >= 15 is 0 Å². The molecule has 7 nitrogen and oxygen atoms in total. The van der Waals surface area contributed by atoms with Crippen LogP contribution in [-0.2, 0) is 4.79 Å². The number of aromatic nitrogens is 1. The summed E-state index contributed by atoms with van der Waals surface area (Å²) in [6.45, 7) is -0.220. The molecule has 0 radical (unpaired) electrons. The van der Waals surface area contributed by atoms with Crippen molar-refractivity contribution in [1.82, 2.24) is 10.3 Å². The quantitative estimate of drug-likeness (QED) is 0.724. The van der Waals surface area contributed by atoms with E-state index < -0.39 is 30.8 Å². The Morgan fingerprint density at radius 3 is 2.68 bits per heavy atom. The molecule has 0 spiro atoms. The number of ether oxygens (including phenoxy) is 1. The number of halogens is 2. The Hall–Kier alpha value is -2.45. The minimum Gasteiger partial charge on any atom is -0.476 e. The Kier molecular flexibility index (Phi) is 4.73. The molecule has 0 unspecified atom stereocenters. The van der Waals surface area contributed by atoms with Gasteiger partial charge in [-0.1, -0.05) is 0 Å². The van der Waals surface area contributed by atoms with E-state index in [1.165, 1.54) is 11.0 Å². The van der Waals surface area contributed by atoms with Crippen molar-refractivity contribution in [3.8, 4) is 5.88 Å². The molecular formula is C16H20F2N4O3. The molecule has 0 aromatic carbocycles. The summed E-state index contributed by atoms with van der Waals surface area (Å²) in [5, 5.41) is 2.53. The van der Waals surface area contributed by atoms with Gasteiger partial charge < -0.3 is 20.7 Å². The summed E-state index contributed by atoms with van der Waals surface area (Å²) in [4.78, 5) is 28.4. The standard InChI is InChI=1S/C16H20F2N4O3/c17-16(18)8-22(9-16)12-4-3-11(14(24)20-6-5-13(19)23)21-15(12)25-7-10-1-2-10/h3-4,10H,1-2,5-9H2,(H2,19,23)(H,20,24). The Labute approximate surface area is 143 Å². The summed E-state index contributed by atoms with van der Waals surface area (Å²) in [6.07, 6.45) is 2.17. The van der Waals surface area contributed by atoms with Crippen LogP contribution in [0.15, 0.2) is 12.1 Å². The van der Waals surface area contributed by atoms with Crippen LogP contribution in [0.25, 0.3) is 0 Å². The maximum atomic E-state index is 13.1. The highest BCUT2D eigenvalue weighted by molar-refractivity contribution is 5.93. The number of alkyl halides is 2. The molecule has 2 aliphatic rings. The summed E-state index contributed by atoms with van der Waals surface area (Å²) in [5.74, 6) is -3.06. The van der Waals surface area contributed by atoms with E-state index in [0.717, 1.165) is 12.8 Å². The highest BCUT2D eigenvalue weighted by Gasteiger charge is 2.45. The maximum Gasteiger partial charge on any atom is 0.282 e. The van der Waals surface area contributed by atoms with Crippen LogP contribution in [-0.4, -0.2) is 49.0 Å². The topological polar surface area (TPSA) is 97.5 Å². The fourth-order valence-electron chi connectivity index (χ4n) is 2.46. The van der Waals surface area contributed by atoms with E-state index in [2.05, 4.69) is 10.3 Å². The van der Waals surface area contributed by atoms with Crippen LogP contribution >= 0.6 is 0 Å². The van der Waals surface area contributed by atoms with Gasteiger partial charge in [0.25, 0.3) is 11.8 Å². The first-order chi connectivity index (χ1) is 11.8. The van der Waals surface area contributed by atoms with E-state index in [-0.39, 0.29) is 24.5 Å². The van der Waals surface area contributed by atoms with Crippen molar-refractivity contribution in [1.29, 1.82) is 0 Å². The van der Waals surface area contributed by atoms with Gasteiger partial charge in [0.05, 0.1) is 19.7 Å². The third-order valence-electron chi connectivity index (χ3n) is 4.07. The van der Waals surface area contributed by atoms with Gasteiger partial charge in [0.1, 0.15) is 11.4 Å². The van der Waals surface area contributed by atoms with Crippen LogP contribution < -0.4 is 20.7 Å². The molecule has 1 aromatic rings. The summed E-state index contributed by atoms with van der Waals surface area (Å²) < 4.78 is 31.9. The summed E-state index contributed by atoms with van der Waals surface area (Å²) in [7, 11) is 0.